The summed E-state index contributed by atoms with van der Waals surface area (Å²) < 4.78 is 53.5. The second kappa shape index (κ2) is 6.25. The van der Waals surface area contributed by atoms with Gasteiger partial charge in [0.25, 0.3) is 0 Å². The van der Waals surface area contributed by atoms with Crippen molar-refractivity contribution in [1.29, 1.82) is 0 Å². The molecule has 24 heavy (non-hydrogen) atoms. The van der Waals surface area contributed by atoms with Crippen LogP contribution in [0.1, 0.15) is 42.3 Å². The average Bonchev–Trinajstić information content (AvgIpc) is 3.15. The van der Waals surface area contributed by atoms with Crippen LogP contribution in [0.3, 0.4) is 0 Å². The van der Waals surface area contributed by atoms with Crippen LogP contribution in [-0.2, 0) is 10.0 Å². The first-order valence-electron chi connectivity index (χ1n) is 7.73. The predicted molar refractivity (Wildman–Crippen MR) is 85.3 cm³/mol. The molecule has 1 aromatic heterocycles. The number of sulfonamides is 1. The van der Waals surface area contributed by atoms with Gasteiger partial charge in [-0.1, -0.05) is 29.8 Å². The van der Waals surface area contributed by atoms with Gasteiger partial charge in [-0.15, -0.1) is 0 Å². The molecule has 8 heteroatoms. The van der Waals surface area contributed by atoms with Gasteiger partial charge in [-0.2, -0.15) is 18.2 Å². The molecule has 1 saturated heterocycles. The van der Waals surface area contributed by atoms with Gasteiger partial charge in [0, 0.05) is 6.54 Å². The highest BCUT2D eigenvalue weighted by molar-refractivity contribution is 7.89. The number of nitrogens with zero attached hydrogens (tertiary/aromatic N) is 3. The highest BCUT2D eigenvalue weighted by atomic mass is 32.2. The Morgan fingerprint density at radius 1 is 1.21 bits per heavy atom. The number of rotatable bonds is 4. The molecule has 0 N–H and O–H groups in total. The number of hydrogen-bond acceptors (Lipinski definition) is 3. The van der Waals surface area contributed by atoms with Gasteiger partial charge in [0.05, 0.1) is 17.9 Å². The van der Waals surface area contributed by atoms with E-state index in [4.69, 9.17) is 0 Å². The third kappa shape index (κ3) is 2.84. The summed E-state index contributed by atoms with van der Waals surface area (Å²) in [5.74, 6) is 0. The van der Waals surface area contributed by atoms with Gasteiger partial charge in [0.2, 0.25) is 10.0 Å². The molecule has 2 heterocycles. The van der Waals surface area contributed by atoms with Crippen molar-refractivity contribution < 1.29 is 17.2 Å². The molecular formula is C16H19F2N3O2S. The van der Waals surface area contributed by atoms with Gasteiger partial charge in [-0.05, 0) is 32.3 Å². The standard InChI is InChI=1S/C16H19F2N3O2S/c1-11-5-7-13(8-6-11)14-4-3-9-20(14)24(22,23)15-10-19-21(12(15)2)16(17)18/h5-8,10,14,16H,3-4,9H2,1-2H3/t14-/m0/s1. The molecule has 0 bridgehead atoms. The van der Waals surface area contributed by atoms with Crippen LogP contribution >= 0.6 is 0 Å². The molecule has 0 unspecified atom stereocenters. The number of alkyl halides is 2. The molecule has 1 fully saturated rings. The van der Waals surface area contributed by atoms with Crippen LogP contribution in [0, 0.1) is 13.8 Å². The second-order valence-corrected chi connectivity index (χ2v) is 7.86. The normalized spacial score (nSPS) is 19.3. The second-order valence-electron chi connectivity index (χ2n) is 6.00. The fourth-order valence-corrected chi connectivity index (χ4v) is 4.96. The van der Waals surface area contributed by atoms with E-state index >= 15 is 0 Å². The molecule has 0 spiro atoms. The van der Waals surface area contributed by atoms with Crippen molar-refractivity contribution in [2.45, 2.75) is 44.2 Å². The van der Waals surface area contributed by atoms with Crippen LogP contribution in [0.25, 0.3) is 0 Å². The van der Waals surface area contributed by atoms with E-state index in [0.717, 1.165) is 23.7 Å². The Kier molecular flexibility index (Phi) is 4.44. The van der Waals surface area contributed by atoms with E-state index in [1.54, 1.807) is 0 Å². The first kappa shape index (κ1) is 17.0. The van der Waals surface area contributed by atoms with Crippen LogP contribution in [0.4, 0.5) is 8.78 Å². The molecule has 130 valence electrons. The van der Waals surface area contributed by atoms with E-state index in [9.17, 15) is 17.2 Å². The number of benzene rings is 1. The lowest BCUT2D eigenvalue weighted by atomic mass is 10.0. The van der Waals surface area contributed by atoms with E-state index in [0.29, 0.717) is 17.6 Å². The number of aryl methyl sites for hydroxylation is 1. The molecule has 2 aromatic rings. The number of aromatic nitrogens is 2. The van der Waals surface area contributed by atoms with Gasteiger partial charge in [0.15, 0.2) is 0 Å². The van der Waals surface area contributed by atoms with Crippen molar-refractivity contribution in [2.75, 3.05) is 6.54 Å². The van der Waals surface area contributed by atoms with Crippen molar-refractivity contribution in [1.82, 2.24) is 14.1 Å². The molecule has 1 aromatic carbocycles. The summed E-state index contributed by atoms with van der Waals surface area (Å²) in [5, 5.41) is 3.52. The topological polar surface area (TPSA) is 55.2 Å². The molecule has 3 rings (SSSR count). The summed E-state index contributed by atoms with van der Waals surface area (Å²) in [4.78, 5) is -0.151. The Morgan fingerprint density at radius 2 is 1.88 bits per heavy atom. The maximum absolute atomic E-state index is 13.0. The molecule has 0 saturated carbocycles. The van der Waals surface area contributed by atoms with Crippen molar-refractivity contribution in [3.8, 4) is 0 Å². The Bertz CT molecular complexity index is 832. The van der Waals surface area contributed by atoms with Gasteiger partial charge < -0.3 is 0 Å². The Labute approximate surface area is 139 Å². The Balaban J connectivity index is 1.98. The smallest absolute Gasteiger partial charge is 0.207 e. The summed E-state index contributed by atoms with van der Waals surface area (Å²) in [6.07, 6.45) is 2.46. The zero-order valence-corrected chi connectivity index (χ0v) is 14.3. The van der Waals surface area contributed by atoms with Gasteiger partial charge in [0.1, 0.15) is 4.90 Å². The summed E-state index contributed by atoms with van der Waals surface area (Å²) in [5.41, 5.74) is 1.97. The molecule has 1 atom stereocenters. The first-order chi connectivity index (χ1) is 11.3. The molecule has 0 amide bonds. The zero-order chi connectivity index (χ0) is 17.5. The van der Waals surface area contributed by atoms with Crippen LogP contribution in [0.2, 0.25) is 0 Å². The SMILES string of the molecule is Cc1ccc([C@@H]2CCCN2S(=O)(=O)c2cnn(C(F)F)c2C)cc1. The van der Waals surface area contributed by atoms with Crippen LogP contribution in [0.5, 0.6) is 0 Å². The molecule has 0 radical (unpaired) electrons. The fraction of sp³-hybridized carbons (Fsp3) is 0.438. The monoisotopic (exact) mass is 355 g/mol. The minimum absolute atomic E-state index is 0.0421. The van der Waals surface area contributed by atoms with E-state index < -0.39 is 16.6 Å². The number of halogens is 2. The summed E-state index contributed by atoms with van der Waals surface area (Å²) in [7, 11) is -3.87. The molecular weight excluding hydrogens is 336 g/mol. The minimum Gasteiger partial charge on any atom is -0.207 e. The fourth-order valence-electron chi connectivity index (χ4n) is 3.13. The zero-order valence-electron chi connectivity index (χ0n) is 13.5. The lowest BCUT2D eigenvalue weighted by Gasteiger charge is -2.24. The molecule has 0 aliphatic carbocycles. The van der Waals surface area contributed by atoms with Gasteiger partial charge >= 0.3 is 6.55 Å². The molecule has 1 aliphatic heterocycles. The van der Waals surface area contributed by atoms with Crippen molar-refractivity contribution in [3.05, 3.63) is 47.3 Å². The summed E-state index contributed by atoms with van der Waals surface area (Å²) in [6.45, 7) is 0.832. The largest absolute Gasteiger partial charge is 0.333 e. The van der Waals surface area contributed by atoms with E-state index in [1.165, 1.54) is 11.2 Å². The average molecular weight is 355 g/mol. The number of hydrogen-bond donors (Lipinski definition) is 0. The Hall–Kier alpha value is -1.80. The lowest BCUT2D eigenvalue weighted by Crippen LogP contribution is -2.31. The van der Waals surface area contributed by atoms with Crippen LogP contribution in [-0.4, -0.2) is 29.0 Å². The minimum atomic E-state index is -3.87. The quantitative estimate of drug-likeness (QED) is 0.844. The van der Waals surface area contributed by atoms with Crippen LogP contribution in [0.15, 0.2) is 35.4 Å². The summed E-state index contributed by atoms with van der Waals surface area (Å²) >= 11 is 0. The highest BCUT2D eigenvalue weighted by Gasteiger charge is 2.38. The maximum atomic E-state index is 13.0. The van der Waals surface area contributed by atoms with Crippen molar-refractivity contribution >= 4 is 10.0 Å². The summed E-state index contributed by atoms with van der Waals surface area (Å²) in [6, 6.07) is 7.45. The third-order valence-corrected chi connectivity index (χ3v) is 6.45. The lowest BCUT2D eigenvalue weighted by molar-refractivity contribution is 0.0541. The van der Waals surface area contributed by atoms with E-state index in [-0.39, 0.29) is 16.6 Å². The Morgan fingerprint density at radius 3 is 2.46 bits per heavy atom. The van der Waals surface area contributed by atoms with Crippen molar-refractivity contribution in [2.24, 2.45) is 0 Å². The molecule has 5 nitrogen and oxygen atoms in total. The van der Waals surface area contributed by atoms with E-state index in [1.807, 2.05) is 31.2 Å². The van der Waals surface area contributed by atoms with Gasteiger partial charge in [-0.3, -0.25) is 0 Å². The van der Waals surface area contributed by atoms with Crippen LogP contribution < -0.4 is 0 Å². The predicted octanol–water partition coefficient (Wildman–Crippen LogP) is 3.42. The highest BCUT2D eigenvalue weighted by Crippen LogP contribution is 2.37. The van der Waals surface area contributed by atoms with Crippen molar-refractivity contribution in [3.63, 3.8) is 0 Å². The van der Waals surface area contributed by atoms with E-state index in [2.05, 4.69) is 5.10 Å². The van der Waals surface area contributed by atoms with Gasteiger partial charge in [-0.25, -0.2) is 13.1 Å². The third-order valence-electron chi connectivity index (χ3n) is 4.44. The molecule has 1 aliphatic rings. The maximum Gasteiger partial charge on any atom is 0.333 e. The first-order valence-corrected chi connectivity index (χ1v) is 9.17.